The van der Waals surface area contributed by atoms with Crippen LogP contribution in [0.1, 0.15) is 51.6 Å². The zero-order valence-electron chi connectivity index (χ0n) is 17.3. The summed E-state index contributed by atoms with van der Waals surface area (Å²) < 4.78 is 15.9. The SMILES string of the molecule is CC(C)c1ccc(C=CC(=O)c2ccc(OC(=O)c3ccc4c(c3)OCO4)cc2)cc1. The van der Waals surface area contributed by atoms with Crippen molar-refractivity contribution in [2.75, 3.05) is 6.79 Å². The number of fused-ring (bicyclic) bond motifs is 1. The number of esters is 1. The van der Waals surface area contributed by atoms with Crippen molar-refractivity contribution in [2.24, 2.45) is 0 Å². The molecule has 0 radical (unpaired) electrons. The van der Waals surface area contributed by atoms with E-state index >= 15 is 0 Å². The van der Waals surface area contributed by atoms with Crippen LogP contribution in [0.5, 0.6) is 17.2 Å². The van der Waals surface area contributed by atoms with Crippen molar-refractivity contribution in [3.63, 3.8) is 0 Å². The van der Waals surface area contributed by atoms with Crippen LogP contribution in [-0.4, -0.2) is 18.5 Å². The number of benzene rings is 3. The molecule has 31 heavy (non-hydrogen) atoms. The van der Waals surface area contributed by atoms with Crippen molar-refractivity contribution in [3.8, 4) is 17.2 Å². The Morgan fingerprint density at radius 3 is 2.26 bits per heavy atom. The summed E-state index contributed by atoms with van der Waals surface area (Å²) in [5.41, 5.74) is 3.09. The average Bonchev–Trinajstić information content (AvgIpc) is 3.26. The van der Waals surface area contributed by atoms with Crippen molar-refractivity contribution in [2.45, 2.75) is 19.8 Å². The lowest BCUT2D eigenvalue weighted by Gasteiger charge is -2.06. The lowest BCUT2D eigenvalue weighted by molar-refractivity contribution is 0.0734. The van der Waals surface area contributed by atoms with Crippen molar-refractivity contribution in [1.29, 1.82) is 0 Å². The van der Waals surface area contributed by atoms with E-state index in [-0.39, 0.29) is 12.6 Å². The molecule has 0 fully saturated rings. The van der Waals surface area contributed by atoms with Crippen LogP contribution in [0.15, 0.2) is 72.8 Å². The zero-order valence-corrected chi connectivity index (χ0v) is 17.3. The minimum Gasteiger partial charge on any atom is -0.454 e. The lowest BCUT2D eigenvalue weighted by Crippen LogP contribution is -2.08. The standard InChI is InChI=1S/C26H22O5/c1-17(2)19-6-3-18(4-7-19)5-13-23(27)20-8-11-22(12-9-20)31-26(28)21-10-14-24-25(15-21)30-16-29-24/h3-15,17H,16H2,1-2H3. The molecule has 0 unspecified atom stereocenters. The third-order valence-electron chi connectivity index (χ3n) is 4.99. The molecule has 0 spiro atoms. The minimum absolute atomic E-state index is 0.124. The predicted molar refractivity (Wildman–Crippen MR) is 118 cm³/mol. The van der Waals surface area contributed by atoms with Crippen LogP contribution in [0.4, 0.5) is 0 Å². The van der Waals surface area contributed by atoms with Gasteiger partial charge in [-0.1, -0.05) is 44.2 Å². The maximum atomic E-state index is 12.4. The molecule has 3 aromatic rings. The summed E-state index contributed by atoms with van der Waals surface area (Å²) in [6.45, 7) is 4.43. The van der Waals surface area contributed by atoms with Crippen molar-refractivity contribution in [1.82, 2.24) is 0 Å². The first-order valence-corrected chi connectivity index (χ1v) is 10.0. The van der Waals surface area contributed by atoms with E-state index in [1.54, 1.807) is 48.5 Å². The Balaban J connectivity index is 1.38. The summed E-state index contributed by atoms with van der Waals surface area (Å²) in [5.74, 6) is 1.30. The van der Waals surface area contributed by atoms with Crippen molar-refractivity contribution in [3.05, 3.63) is 95.1 Å². The van der Waals surface area contributed by atoms with Crippen LogP contribution in [0.3, 0.4) is 0 Å². The number of rotatable bonds is 6. The molecule has 0 aromatic heterocycles. The number of allylic oxidation sites excluding steroid dienone is 1. The van der Waals surface area contributed by atoms with Crippen LogP contribution in [0, 0.1) is 0 Å². The maximum absolute atomic E-state index is 12.4. The summed E-state index contributed by atoms with van der Waals surface area (Å²) in [6, 6.07) is 19.5. The van der Waals surface area contributed by atoms with Gasteiger partial charge in [-0.3, -0.25) is 4.79 Å². The fourth-order valence-electron chi connectivity index (χ4n) is 3.14. The Kier molecular flexibility index (Phi) is 5.85. The van der Waals surface area contributed by atoms with Gasteiger partial charge in [-0.05, 0) is 65.6 Å². The molecule has 0 atom stereocenters. The molecule has 1 aliphatic heterocycles. The highest BCUT2D eigenvalue weighted by Gasteiger charge is 2.17. The Labute approximate surface area is 180 Å². The van der Waals surface area contributed by atoms with Gasteiger partial charge in [0.2, 0.25) is 6.79 Å². The largest absolute Gasteiger partial charge is 0.454 e. The third kappa shape index (κ3) is 4.83. The fourth-order valence-corrected chi connectivity index (χ4v) is 3.14. The molecule has 0 aliphatic carbocycles. The average molecular weight is 414 g/mol. The molecule has 5 nitrogen and oxygen atoms in total. The maximum Gasteiger partial charge on any atom is 0.343 e. The van der Waals surface area contributed by atoms with E-state index in [1.807, 2.05) is 12.1 Å². The van der Waals surface area contributed by atoms with Crippen LogP contribution in [0.25, 0.3) is 6.08 Å². The quantitative estimate of drug-likeness (QED) is 0.226. The van der Waals surface area contributed by atoms with Gasteiger partial charge in [0.05, 0.1) is 5.56 Å². The summed E-state index contributed by atoms with van der Waals surface area (Å²) in [4.78, 5) is 24.8. The molecule has 5 heteroatoms. The van der Waals surface area contributed by atoms with Gasteiger partial charge >= 0.3 is 5.97 Å². The van der Waals surface area contributed by atoms with E-state index in [2.05, 4.69) is 26.0 Å². The van der Waals surface area contributed by atoms with E-state index < -0.39 is 5.97 Å². The van der Waals surface area contributed by atoms with E-state index in [9.17, 15) is 9.59 Å². The topological polar surface area (TPSA) is 61.8 Å². The molecule has 0 saturated carbocycles. The fraction of sp³-hybridized carbons (Fsp3) is 0.154. The molecule has 1 heterocycles. The number of hydrogen-bond donors (Lipinski definition) is 0. The van der Waals surface area contributed by atoms with Crippen LogP contribution < -0.4 is 14.2 Å². The Morgan fingerprint density at radius 2 is 1.55 bits per heavy atom. The van der Waals surface area contributed by atoms with Crippen molar-refractivity contribution >= 4 is 17.8 Å². The summed E-state index contributed by atoms with van der Waals surface area (Å²) in [5, 5.41) is 0. The van der Waals surface area contributed by atoms with Gasteiger partial charge < -0.3 is 14.2 Å². The number of carbonyl (C=O) groups excluding carboxylic acids is 2. The summed E-state index contributed by atoms with van der Waals surface area (Å²) in [6.07, 6.45) is 3.33. The summed E-state index contributed by atoms with van der Waals surface area (Å²) >= 11 is 0. The third-order valence-corrected chi connectivity index (χ3v) is 4.99. The van der Waals surface area contributed by atoms with E-state index in [4.69, 9.17) is 14.2 Å². The first kappa shape index (κ1) is 20.4. The van der Waals surface area contributed by atoms with Crippen molar-refractivity contribution < 1.29 is 23.8 Å². The van der Waals surface area contributed by atoms with Gasteiger partial charge in [0, 0.05) is 5.56 Å². The highest BCUT2D eigenvalue weighted by Crippen LogP contribution is 2.32. The monoisotopic (exact) mass is 414 g/mol. The lowest BCUT2D eigenvalue weighted by atomic mass is 10.0. The Hall–Kier alpha value is -3.86. The number of ether oxygens (including phenoxy) is 3. The summed E-state index contributed by atoms with van der Waals surface area (Å²) in [7, 11) is 0. The molecule has 4 rings (SSSR count). The smallest absolute Gasteiger partial charge is 0.343 e. The van der Waals surface area contributed by atoms with E-state index in [0.717, 1.165) is 5.56 Å². The van der Waals surface area contributed by atoms with Gasteiger partial charge in [-0.25, -0.2) is 4.79 Å². The molecule has 0 N–H and O–H groups in total. The highest BCUT2D eigenvalue weighted by atomic mass is 16.7. The second-order valence-electron chi connectivity index (χ2n) is 7.50. The van der Waals surface area contributed by atoms with E-state index in [0.29, 0.717) is 34.3 Å². The number of carbonyl (C=O) groups is 2. The highest BCUT2D eigenvalue weighted by molar-refractivity contribution is 6.06. The van der Waals surface area contributed by atoms with Gasteiger partial charge in [0.25, 0.3) is 0 Å². The predicted octanol–water partition coefficient (Wildman–Crippen LogP) is 5.65. The first-order valence-electron chi connectivity index (χ1n) is 10.0. The minimum atomic E-state index is -0.512. The van der Waals surface area contributed by atoms with Gasteiger partial charge in [0.15, 0.2) is 17.3 Å². The molecule has 3 aromatic carbocycles. The second-order valence-corrected chi connectivity index (χ2v) is 7.50. The zero-order chi connectivity index (χ0) is 21.8. The Bertz CT molecular complexity index is 1130. The van der Waals surface area contributed by atoms with Gasteiger partial charge in [0.1, 0.15) is 5.75 Å². The first-order chi connectivity index (χ1) is 15.0. The van der Waals surface area contributed by atoms with Gasteiger partial charge in [-0.2, -0.15) is 0 Å². The molecule has 1 aliphatic rings. The normalized spacial score (nSPS) is 12.4. The number of hydrogen-bond acceptors (Lipinski definition) is 5. The molecule has 0 amide bonds. The Morgan fingerprint density at radius 1 is 0.871 bits per heavy atom. The molecule has 0 saturated heterocycles. The molecular weight excluding hydrogens is 392 g/mol. The van der Waals surface area contributed by atoms with E-state index in [1.165, 1.54) is 11.6 Å². The molecular formula is C26H22O5. The van der Waals surface area contributed by atoms with Gasteiger partial charge in [-0.15, -0.1) is 0 Å². The van der Waals surface area contributed by atoms with Crippen LogP contribution >= 0.6 is 0 Å². The van der Waals surface area contributed by atoms with Crippen LogP contribution in [-0.2, 0) is 0 Å². The molecule has 156 valence electrons. The molecule has 0 bridgehead atoms. The second kappa shape index (κ2) is 8.88. The number of ketones is 1. The van der Waals surface area contributed by atoms with Crippen LogP contribution in [0.2, 0.25) is 0 Å².